The lowest BCUT2D eigenvalue weighted by Gasteiger charge is -2.15. The van der Waals surface area contributed by atoms with E-state index in [1.807, 2.05) is 0 Å². The summed E-state index contributed by atoms with van der Waals surface area (Å²) < 4.78 is 77.6. The summed E-state index contributed by atoms with van der Waals surface area (Å²) in [6.45, 7) is 0. The van der Waals surface area contributed by atoms with E-state index in [-0.39, 0.29) is 16.5 Å². The van der Waals surface area contributed by atoms with Crippen molar-refractivity contribution in [2.24, 2.45) is 5.73 Å². The smallest absolute Gasteiger partial charge is 0.406 e. The lowest BCUT2D eigenvalue weighted by molar-refractivity contribution is -0.274. The van der Waals surface area contributed by atoms with Gasteiger partial charge >= 0.3 is 12.5 Å². The zero-order valence-corrected chi connectivity index (χ0v) is 9.64. The predicted octanol–water partition coefficient (Wildman–Crippen LogP) is 3.63. The third-order valence-electron chi connectivity index (χ3n) is 2.61. The molecule has 0 bridgehead atoms. The van der Waals surface area contributed by atoms with Crippen LogP contribution in [0.4, 0.5) is 26.3 Å². The van der Waals surface area contributed by atoms with Crippen LogP contribution in [0.15, 0.2) is 24.4 Å². The van der Waals surface area contributed by atoms with E-state index in [0.717, 1.165) is 18.3 Å². The number of halogens is 6. The summed E-state index contributed by atoms with van der Waals surface area (Å²) in [7, 11) is 0. The van der Waals surface area contributed by atoms with Crippen LogP contribution in [-0.2, 0) is 0 Å². The number of hydrogen-bond acceptors (Lipinski definition) is 2. The second-order valence-electron chi connectivity index (χ2n) is 4.02. The van der Waals surface area contributed by atoms with Gasteiger partial charge in [0.1, 0.15) is 11.8 Å². The Morgan fingerprint density at radius 1 is 1.10 bits per heavy atom. The van der Waals surface area contributed by atoms with Crippen LogP contribution in [0.1, 0.15) is 11.6 Å². The Kier molecular flexibility index (Phi) is 3.32. The number of nitrogens with one attached hydrogen (secondary N) is 1. The summed E-state index contributed by atoms with van der Waals surface area (Å²) in [4.78, 5) is 2.51. The lowest BCUT2D eigenvalue weighted by Crippen LogP contribution is -2.28. The van der Waals surface area contributed by atoms with Gasteiger partial charge in [-0.05, 0) is 18.2 Å². The molecule has 1 atom stereocenters. The molecule has 20 heavy (non-hydrogen) atoms. The molecule has 1 heterocycles. The van der Waals surface area contributed by atoms with Gasteiger partial charge in [0, 0.05) is 22.7 Å². The summed E-state index contributed by atoms with van der Waals surface area (Å²) in [5.74, 6) is -0.611. The Morgan fingerprint density at radius 3 is 2.30 bits per heavy atom. The van der Waals surface area contributed by atoms with Crippen LogP contribution in [0.2, 0.25) is 0 Å². The molecule has 3 N–H and O–H groups in total. The van der Waals surface area contributed by atoms with Gasteiger partial charge < -0.3 is 15.5 Å². The molecule has 0 aliphatic rings. The fraction of sp³-hybridized carbons (Fsp3) is 0.273. The summed E-state index contributed by atoms with van der Waals surface area (Å²) >= 11 is 0. The lowest BCUT2D eigenvalue weighted by atomic mass is 10.1. The number of rotatable bonds is 2. The SMILES string of the molecule is N[C@@H](c1c[nH]c2ccc(OC(F)(F)F)cc12)C(F)(F)F. The molecule has 2 rings (SSSR count). The molecule has 0 unspecified atom stereocenters. The molecule has 0 saturated carbocycles. The number of nitrogens with two attached hydrogens (primary N) is 1. The van der Waals surface area contributed by atoms with Crippen molar-refractivity contribution in [1.29, 1.82) is 0 Å². The molecular weight excluding hydrogens is 290 g/mol. The quantitative estimate of drug-likeness (QED) is 0.832. The van der Waals surface area contributed by atoms with Gasteiger partial charge in [-0.15, -0.1) is 13.2 Å². The van der Waals surface area contributed by atoms with Crippen molar-refractivity contribution < 1.29 is 31.1 Å². The molecule has 2 aromatic rings. The molecule has 0 aliphatic heterocycles. The minimum atomic E-state index is -4.92. The number of fused-ring (bicyclic) bond motifs is 1. The maximum absolute atomic E-state index is 12.6. The van der Waals surface area contributed by atoms with Crippen LogP contribution in [-0.4, -0.2) is 17.5 Å². The number of H-pyrrole nitrogens is 1. The molecule has 0 radical (unpaired) electrons. The van der Waals surface area contributed by atoms with E-state index in [2.05, 4.69) is 9.72 Å². The summed E-state index contributed by atoms with van der Waals surface area (Å²) in [5, 5.41) is -0.0726. The maximum atomic E-state index is 12.6. The second-order valence-corrected chi connectivity index (χ2v) is 4.02. The molecular formula is C11H8F6N2O. The molecule has 0 fully saturated rings. The van der Waals surface area contributed by atoms with Gasteiger partial charge in [0.2, 0.25) is 0 Å². The van der Waals surface area contributed by atoms with Gasteiger partial charge in [-0.1, -0.05) is 0 Å². The van der Waals surface area contributed by atoms with Crippen molar-refractivity contribution in [2.75, 3.05) is 0 Å². The monoisotopic (exact) mass is 298 g/mol. The average molecular weight is 298 g/mol. The second kappa shape index (κ2) is 4.58. The molecule has 1 aromatic carbocycles. The van der Waals surface area contributed by atoms with Gasteiger partial charge in [-0.3, -0.25) is 0 Å². The topological polar surface area (TPSA) is 51.0 Å². The third kappa shape index (κ3) is 2.98. The number of hydrogen-bond donors (Lipinski definition) is 2. The van der Waals surface area contributed by atoms with E-state index in [9.17, 15) is 26.3 Å². The minimum Gasteiger partial charge on any atom is -0.406 e. The Labute approximate surface area is 108 Å². The number of benzene rings is 1. The molecule has 9 heteroatoms. The normalized spacial score (nSPS) is 14.6. The Hall–Kier alpha value is -1.90. The largest absolute Gasteiger partial charge is 0.573 e. The van der Waals surface area contributed by atoms with Crippen molar-refractivity contribution in [1.82, 2.24) is 4.98 Å². The van der Waals surface area contributed by atoms with Crippen LogP contribution >= 0.6 is 0 Å². The molecule has 3 nitrogen and oxygen atoms in total. The average Bonchev–Trinajstić information content (AvgIpc) is 2.67. The summed E-state index contributed by atoms with van der Waals surface area (Å²) in [5.41, 5.74) is 4.94. The fourth-order valence-electron chi connectivity index (χ4n) is 1.75. The van der Waals surface area contributed by atoms with E-state index in [4.69, 9.17) is 5.73 Å². The highest BCUT2D eigenvalue weighted by Crippen LogP contribution is 2.36. The van der Waals surface area contributed by atoms with E-state index in [1.165, 1.54) is 6.07 Å². The third-order valence-corrected chi connectivity index (χ3v) is 2.61. The molecule has 1 aromatic heterocycles. The van der Waals surface area contributed by atoms with E-state index >= 15 is 0 Å². The predicted molar refractivity (Wildman–Crippen MR) is 58.0 cm³/mol. The van der Waals surface area contributed by atoms with E-state index < -0.39 is 24.3 Å². The maximum Gasteiger partial charge on any atom is 0.573 e. The van der Waals surface area contributed by atoms with Crippen molar-refractivity contribution in [3.05, 3.63) is 30.0 Å². The van der Waals surface area contributed by atoms with Crippen LogP contribution in [0.3, 0.4) is 0 Å². The highest BCUT2D eigenvalue weighted by Gasteiger charge is 2.39. The molecule has 110 valence electrons. The Morgan fingerprint density at radius 2 is 1.75 bits per heavy atom. The highest BCUT2D eigenvalue weighted by molar-refractivity contribution is 5.85. The van der Waals surface area contributed by atoms with Crippen LogP contribution in [0.25, 0.3) is 10.9 Å². The number of ether oxygens (including phenoxy) is 1. The van der Waals surface area contributed by atoms with E-state index in [0.29, 0.717) is 0 Å². The number of alkyl halides is 6. The fourth-order valence-corrected chi connectivity index (χ4v) is 1.75. The van der Waals surface area contributed by atoms with E-state index in [1.54, 1.807) is 0 Å². The molecule has 0 saturated heterocycles. The molecule has 0 spiro atoms. The van der Waals surface area contributed by atoms with Crippen molar-refractivity contribution >= 4 is 10.9 Å². The minimum absolute atomic E-state index is 0.0726. The van der Waals surface area contributed by atoms with Crippen LogP contribution < -0.4 is 10.5 Å². The molecule has 0 amide bonds. The molecule has 0 aliphatic carbocycles. The van der Waals surface area contributed by atoms with Gasteiger partial charge in [-0.2, -0.15) is 13.2 Å². The zero-order valence-electron chi connectivity index (χ0n) is 9.64. The Bertz CT molecular complexity index is 615. The first-order valence-corrected chi connectivity index (χ1v) is 5.27. The first-order chi connectivity index (χ1) is 9.08. The van der Waals surface area contributed by atoms with Crippen molar-refractivity contribution in [2.45, 2.75) is 18.6 Å². The highest BCUT2D eigenvalue weighted by atomic mass is 19.4. The first kappa shape index (κ1) is 14.5. The van der Waals surface area contributed by atoms with Crippen molar-refractivity contribution in [3.8, 4) is 5.75 Å². The zero-order chi connectivity index (χ0) is 15.1. The van der Waals surface area contributed by atoms with Crippen molar-refractivity contribution in [3.63, 3.8) is 0 Å². The summed E-state index contributed by atoms with van der Waals surface area (Å²) in [6.07, 6.45) is -8.60. The first-order valence-electron chi connectivity index (χ1n) is 5.27. The van der Waals surface area contributed by atoms with Gasteiger partial charge in [0.25, 0.3) is 0 Å². The number of aromatic amines is 1. The van der Waals surface area contributed by atoms with Crippen LogP contribution in [0.5, 0.6) is 5.75 Å². The van der Waals surface area contributed by atoms with Crippen LogP contribution in [0, 0.1) is 0 Å². The van der Waals surface area contributed by atoms with Gasteiger partial charge in [0.05, 0.1) is 0 Å². The Balaban J connectivity index is 2.45. The summed E-state index contributed by atoms with van der Waals surface area (Å²) in [6, 6.07) is 0.746. The van der Waals surface area contributed by atoms with Gasteiger partial charge in [-0.25, -0.2) is 0 Å². The number of aromatic nitrogens is 1. The van der Waals surface area contributed by atoms with Gasteiger partial charge in [0.15, 0.2) is 0 Å². The standard InChI is InChI=1S/C11H8F6N2O/c12-10(13,14)9(18)7-4-19-8-2-1-5(3-6(7)8)20-11(15,16)17/h1-4,9,19H,18H2/t9-/m0/s1.